The van der Waals surface area contributed by atoms with E-state index < -0.39 is 0 Å². The zero-order valence-electron chi connectivity index (χ0n) is 12.3. The molecule has 2 aromatic rings. The first-order valence-electron chi connectivity index (χ1n) is 6.66. The first-order chi connectivity index (χ1) is 10.2. The molecule has 0 aliphatic rings. The zero-order chi connectivity index (χ0) is 15.2. The number of rotatable bonds is 6. The number of hydrogen-bond acceptors (Lipinski definition) is 5. The van der Waals surface area contributed by atoms with Crippen LogP contribution in [0.5, 0.6) is 5.75 Å². The maximum absolute atomic E-state index is 5.52. The number of halogens is 1. The number of ether oxygens (including phenoxy) is 2. The molecule has 112 valence electrons. The minimum atomic E-state index is 0.413. The highest BCUT2D eigenvalue weighted by Crippen LogP contribution is 2.28. The van der Waals surface area contributed by atoms with Crippen molar-refractivity contribution >= 4 is 21.7 Å². The fourth-order valence-corrected chi connectivity index (χ4v) is 2.40. The molecule has 0 unspecified atom stereocenters. The monoisotopic (exact) mass is 351 g/mol. The standard InChI is InChI=1S/C15H18BrN3O2/c1-4-21-11-7-5-6-10(8-11)14-18-12(9-20-3)13(16)15(17-2)19-14/h5-8H,4,9H2,1-3H3,(H,17,18,19). The second-order valence-electron chi connectivity index (χ2n) is 4.30. The fourth-order valence-electron chi connectivity index (χ4n) is 1.91. The average Bonchev–Trinajstić information content (AvgIpc) is 2.50. The Morgan fingerprint density at radius 3 is 2.76 bits per heavy atom. The molecule has 1 N–H and O–H groups in total. The Balaban J connectivity index is 2.47. The predicted molar refractivity (Wildman–Crippen MR) is 86.6 cm³/mol. The minimum Gasteiger partial charge on any atom is -0.494 e. The third-order valence-corrected chi connectivity index (χ3v) is 3.67. The van der Waals surface area contributed by atoms with Crippen LogP contribution in [0.15, 0.2) is 28.7 Å². The first kappa shape index (κ1) is 15.7. The molecular formula is C15H18BrN3O2. The van der Waals surface area contributed by atoms with E-state index in [0.717, 1.165) is 27.3 Å². The Bertz CT molecular complexity index is 620. The molecule has 0 amide bonds. The Morgan fingerprint density at radius 1 is 1.29 bits per heavy atom. The van der Waals surface area contributed by atoms with Gasteiger partial charge in [0.1, 0.15) is 11.6 Å². The van der Waals surface area contributed by atoms with Crippen LogP contribution in [0.25, 0.3) is 11.4 Å². The summed E-state index contributed by atoms with van der Waals surface area (Å²) >= 11 is 3.50. The normalized spacial score (nSPS) is 10.5. The predicted octanol–water partition coefficient (Wildman–Crippen LogP) is 3.49. The van der Waals surface area contributed by atoms with Gasteiger partial charge in [-0.3, -0.25) is 0 Å². The van der Waals surface area contributed by atoms with Gasteiger partial charge in [0, 0.05) is 19.7 Å². The van der Waals surface area contributed by atoms with Gasteiger partial charge in [-0.15, -0.1) is 0 Å². The van der Waals surface area contributed by atoms with E-state index in [2.05, 4.69) is 31.2 Å². The lowest BCUT2D eigenvalue weighted by molar-refractivity contribution is 0.181. The van der Waals surface area contributed by atoms with Crippen LogP contribution in [0.4, 0.5) is 5.82 Å². The van der Waals surface area contributed by atoms with Crippen molar-refractivity contribution in [2.45, 2.75) is 13.5 Å². The van der Waals surface area contributed by atoms with Crippen molar-refractivity contribution in [2.24, 2.45) is 0 Å². The summed E-state index contributed by atoms with van der Waals surface area (Å²) in [5.41, 5.74) is 1.70. The Labute approximate surface area is 132 Å². The Kier molecular flexibility index (Phi) is 5.52. The molecule has 0 radical (unpaired) electrons. The van der Waals surface area contributed by atoms with Crippen molar-refractivity contribution in [3.63, 3.8) is 0 Å². The molecule has 0 saturated heterocycles. The van der Waals surface area contributed by atoms with Gasteiger partial charge < -0.3 is 14.8 Å². The van der Waals surface area contributed by atoms with E-state index >= 15 is 0 Å². The van der Waals surface area contributed by atoms with Crippen molar-refractivity contribution in [1.29, 1.82) is 0 Å². The van der Waals surface area contributed by atoms with Crippen LogP contribution < -0.4 is 10.1 Å². The van der Waals surface area contributed by atoms with Gasteiger partial charge in [0.15, 0.2) is 5.82 Å². The number of nitrogens with zero attached hydrogens (tertiary/aromatic N) is 2. The molecular weight excluding hydrogens is 334 g/mol. The van der Waals surface area contributed by atoms with Crippen molar-refractivity contribution in [1.82, 2.24) is 9.97 Å². The fraction of sp³-hybridized carbons (Fsp3) is 0.333. The van der Waals surface area contributed by atoms with Crippen LogP contribution in [0.1, 0.15) is 12.6 Å². The maximum atomic E-state index is 5.52. The lowest BCUT2D eigenvalue weighted by atomic mass is 10.2. The summed E-state index contributed by atoms with van der Waals surface area (Å²) in [7, 11) is 3.47. The van der Waals surface area contributed by atoms with Gasteiger partial charge in [0.05, 0.1) is 23.4 Å². The van der Waals surface area contributed by atoms with Crippen LogP contribution >= 0.6 is 15.9 Å². The maximum Gasteiger partial charge on any atom is 0.162 e. The molecule has 0 atom stereocenters. The third-order valence-electron chi connectivity index (χ3n) is 2.84. The third kappa shape index (κ3) is 3.71. The number of nitrogens with one attached hydrogen (secondary N) is 1. The second-order valence-corrected chi connectivity index (χ2v) is 5.09. The molecule has 1 aromatic carbocycles. The van der Waals surface area contributed by atoms with Crippen molar-refractivity contribution in [3.8, 4) is 17.1 Å². The van der Waals surface area contributed by atoms with E-state index in [0.29, 0.717) is 19.0 Å². The summed E-state index contributed by atoms with van der Waals surface area (Å²) in [6, 6.07) is 7.74. The lowest BCUT2D eigenvalue weighted by Gasteiger charge is -2.11. The van der Waals surface area contributed by atoms with Gasteiger partial charge in [0.25, 0.3) is 0 Å². The quantitative estimate of drug-likeness (QED) is 0.863. The summed E-state index contributed by atoms with van der Waals surface area (Å²) in [5, 5.41) is 3.06. The van der Waals surface area contributed by atoms with Gasteiger partial charge in [-0.05, 0) is 35.0 Å². The van der Waals surface area contributed by atoms with Crippen molar-refractivity contribution < 1.29 is 9.47 Å². The molecule has 0 fully saturated rings. The number of anilines is 1. The zero-order valence-corrected chi connectivity index (χ0v) is 13.9. The molecule has 0 spiro atoms. The highest BCUT2D eigenvalue weighted by atomic mass is 79.9. The van der Waals surface area contributed by atoms with Gasteiger partial charge in [-0.25, -0.2) is 9.97 Å². The molecule has 1 aromatic heterocycles. The van der Waals surface area contributed by atoms with E-state index in [1.54, 1.807) is 7.11 Å². The summed E-state index contributed by atoms with van der Waals surface area (Å²) in [5.74, 6) is 2.17. The Morgan fingerprint density at radius 2 is 2.10 bits per heavy atom. The summed E-state index contributed by atoms with van der Waals surface area (Å²) in [6.07, 6.45) is 0. The van der Waals surface area contributed by atoms with Crippen LogP contribution in [0, 0.1) is 0 Å². The van der Waals surface area contributed by atoms with E-state index in [1.807, 2.05) is 38.2 Å². The van der Waals surface area contributed by atoms with Crippen molar-refractivity contribution in [2.75, 3.05) is 26.1 Å². The molecule has 1 heterocycles. The van der Waals surface area contributed by atoms with Gasteiger partial charge in [-0.2, -0.15) is 0 Å². The first-order valence-corrected chi connectivity index (χ1v) is 7.45. The van der Waals surface area contributed by atoms with E-state index in [4.69, 9.17) is 9.47 Å². The number of benzene rings is 1. The molecule has 21 heavy (non-hydrogen) atoms. The smallest absolute Gasteiger partial charge is 0.162 e. The van der Waals surface area contributed by atoms with Crippen molar-refractivity contribution in [3.05, 3.63) is 34.4 Å². The Hall–Kier alpha value is -1.66. The highest BCUT2D eigenvalue weighted by molar-refractivity contribution is 9.10. The molecule has 5 nitrogen and oxygen atoms in total. The number of methoxy groups -OCH3 is 1. The van der Waals surface area contributed by atoms with Crippen LogP contribution in [0.2, 0.25) is 0 Å². The topological polar surface area (TPSA) is 56.3 Å². The number of aromatic nitrogens is 2. The average molecular weight is 352 g/mol. The van der Waals surface area contributed by atoms with E-state index in [1.165, 1.54) is 0 Å². The summed E-state index contributed by atoms with van der Waals surface area (Å²) in [6.45, 7) is 3.00. The SMILES string of the molecule is CCOc1cccc(-c2nc(COC)c(Br)c(NC)n2)c1. The molecule has 0 saturated carbocycles. The summed E-state index contributed by atoms with van der Waals surface area (Å²) in [4.78, 5) is 9.09. The molecule has 0 aliphatic heterocycles. The summed E-state index contributed by atoms with van der Waals surface area (Å²) < 4.78 is 11.5. The van der Waals surface area contributed by atoms with Crippen LogP contribution in [-0.4, -0.2) is 30.7 Å². The van der Waals surface area contributed by atoms with E-state index in [-0.39, 0.29) is 0 Å². The number of hydrogen-bond donors (Lipinski definition) is 1. The van der Waals surface area contributed by atoms with Gasteiger partial charge in [-0.1, -0.05) is 12.1 Å². The van der Waals surface area contributed by atoms with Gasteiger partial charge in [0.2, 0.25) is 0 Å². The molecule has 0 aliphatic carbocycles. The molecule has 6 heteroatoms. The highest BCUT2D eigenvalue weighted by Gasteiger charge is 2.13. The molecule has 0 bridgehead atoms. The van der Waals surface area contributed by atoms with Gasteiger partial charge >= 0.3 is 0 Å². The van der Waals surface area contributed by atoms with E-state index in [9.17, 15) is 0 Å². The van der Waals surface area contributed by atoms with Crippen LogP contribution in [-0.2, 0) is 11.3 Å². The van der Waals surface area contributed by atoms with Crippen LogP contribution in [0.3, 0.4) is 0 Å². The lowest BCUT2D eigenvalue weighted by Crippen LogP contribution is -2.04. The minimum absolute atomic E-state index is 0.413. The second kappa shape index (κ2) is 7.38. The largest absolute Gasteiger partial charge is 0.494 e. The molecule has 2 rings (SSSR count).